The summed E-state index contributed by atoms with van der Waals surface area (Å²) >= 11 is 0. The van der Waals surface area contributed by atoms with Crippen molar-refractivity contribution in [3.63, 3.8) is 0 Å². The van der Waals surface area contributed by atoms with Crippen LogP contribution < -0.4 is 10.6 Å². The molecular weight excluding hydrogens is 230 g/mol. The number of pyridine rings is 1. The summed E-state index contributed by atoms with van der Waals surface area (Å²) in [4.78, 5) is 15.7. The van der Waals surface area contributed by atoms with Gasteiger partial charge < -0.3 is 15.4 Å². The van der Waals surface area contributed by atoms with Crippen LogP contribution in [0.3, 0.4) is 0 Å². The quantitative estimate of drug-likeness (QED) is 0.771. The molecule has 1 unspecified atom stereocenters. The number of aromatic nitrogens is 1. The highest BCUT2D eigenvalue weighted by Gasteiger charge is 2.07. The molecule has 0 radical (unpaired) electrons. The molecule has 1 atom stereocenters. The Morgan fingerprint density at radius 2 is 2.33 bits per heavy atom. The molecule has 0 bridgehead atoms. The van der Waals surface area contributed by atoms with Crippen LogP contribution in [0.2, 0.25) is 0 Å². The molecule has 0 spiro atoms. The summed E-state index contributed by atoms with van der Waals surface area (Å²) in [6.07, 6.45) is 1.63. The van der Waals surface area contributed by atoms with Crippen molar-refractivity contribution < 1.29 is 9.53 Å². The van der Waals surface area contributed by atoms with Crippen molar-refractivity contribution in [1.82, 2.24) is 10.3 Å². The van der Waals surface area contributed by atoms with Crippen molar-refractivity contribution >= 4 is 11.6 Å². The van der Waals surface area contributed by atoms with E-state index in [0.717, 1.165) is 12.2 Å². The number of nitrogens with one attached hydrogen (secondary N) is 2. The van der Waals surface area contributed by atoms with Crippen LogP contribution in [-0.2, 0) is 4.74 Å². The maximum Gasteiger partial charge on any atom is 0.269 e. The van der Waals surface area contributed by atoms with Gasteiger partial charge >= 0.3 is 0 Å². The minimum absolute atomic E-state index is 0.147. The van der Waals surface area contributed by atoms with Gasteiger partial charge in [0.1, 0.15) is 5.69 Å². The Bertz CT molecular complexity index is 382. The molecule has 1 amide bonds. The van der Waals surface area contributed by atoms with E-state index in [0.29, 0.717) is 24.8 Å². The molecule has 100 valence electrons. The Morgan fingerprint density at radius 3 is 3.00 bits per heavy atom. The Morgan fingerprint density at radius 1 is 1.56 bits per heavy atom. The molecule has 0 fully saturated rings. The van der Waals surface area contributed by atoms with E-state index in [-0.39, 0.29) is 5.91 Å². The number of hydrogen-bond donors (Lipinski definition) is 2. The van der Waals surface area contributed by atoms with E-state index in [1.54, 1.807) is 19.4 Å². The topological polar surface area (TPSA) is 63.2 Å². The fourth-order valence-electron chi connectivity index (χ4n) is 1.55. The van der Waals surface area contributed by atoms with Crippen molar-refractivity contribution in [2.24, 2.45) is 5.92 Å². The maximum atomic E-state index is 11.6. The lowest BCUT2D eigenvalue weighted by Gasteiger charge is -2.12. The normalized spacial score (nSPS) is 11.9. The van der Waals surface area contributed by atoms with Crippen LogP contribution in [0.15, 0.2) is 18.3 Å². The summed E-state index contributed by atoms with van der Waals surface area (Å²) in [6.45, 7) is 6.09. The minimum atomic E-state index is -0.147. The molecule has 0 aliphatic heterocycles. The third kappa shape index (κ3) is 4.71. The largest absolute Gasteiger partial charge is 0.385 e. The highest BCUT2D eigenvalue weighted by atomic mass is 16.5. The molecule has 1 aromatic rings. The second kappa shape index (κ2) is 7.66. The van der Waals surface area contributed by atoms with Gasteiger partial charge in [0.2, 0.25) is 0 Å². The number of nitrogens with zero attached hydrogens (tertiary/aromatic N) is 1. The average Bonchev–Trinajstić information content (AvgIpc) is 2.37. The first-order chi connectivity index (χ1) is 8.67. The molecule has 0 aliphatic rings. The summed E-state index contributed by atoms with van der Waals surface area (Å²) in [5.74, 6) is 0.266. The number of carbonyl (C=O) groups excluding carboxylic acids is 1. The van der Waals surface area contributed by atoms with E-state index in [4.69, 9.17) is 4.74 Å². The molecule has 0 aromatic carbocycles. The van der Waals surface area contributed by atoms with Gasteiger partial charge in [-0.3, -0.25) is 9.78 Å². The zero-order valence-electron chi connectivity index (χ0n) is 11.2. The maximum absolute atomic E-state index is 11.6. The van der Waals surface area contributed by atoms with Crippen molar-refractivity contribution in [2.45, 2.75) is 13.8 Å². The van der Waals surface area contributed by atoms with Crippen LogP contribution in [0.25, 0.3) is 0 Å². The molecule has 0 saturated carbocycles. The zero-order valence-corrected chi connectivity index (χ0v) is 11.2. The summed E-state index contributed by atoms with van der Waals surface area (Å²) in [6, 6.07) is 3.60. The molecule has 1 rings (SSSR count). The van der Waals surface area contributed by atoms with Crippen LogP contribution >= 0.6 is 0 Å². The molecule has 1 aromatic heterocycles. The van der Waals surface area contributed by atoms with Crippen molar-refractivity contribution in [2.75, 3.05) is 32.1 Å². The minimum Gasteiger partial charge on any atom is -0.385 e. The monoisotopic (exact) mass is 251 g/mol. The number of carbonyl (C=O) groups is 1. The number of methoxy groups -OCH3 is 1. The van der Waals surface area contributed by atoms with Crippen LogP contribution in [0.1, 0.15) is 24.3 Å². The van der Waals surface area contributed by atoms with Crippen LogP contribution in [0, 0.1) is 5.92 Å². The number of hydrogen-bond acceptors (Lipinski definition) is 4. The van der Waals surface area contributed by atoms with Gasteiger partial charge in [0, 0.05) is 32.1 Å². The predicted octanol–water partition coefficient (Wildman–Crippen LogP) is 1.53. The van der Waals surface area contributed by atoms with Gasteiger partial charge in [-0.2, -0.15) is 0 Å². The van der Waals surface area contributed by atoms with Gasteiger partial charge in [-0.1, -0.05) is 6.92 Å². The van der Waals surface area contributed by atoms with Gasteiger partial charge in [0.15, 0.2) is 0 Å². The van der Waals surface area contributed by atoms with Gasteiger partial charge in [-0.05, 0) is 25.0 Å². The van der Waals surface area contributed by atoms with Crippen LogP contribution in [0.5, 0.6) is 0 Å². The van der Waals surface area contributed by atoms with Gasteiger partial charge in [-0.25, -0.2) is 0 Å². The molecule has 0 saturated heterocycles. The first kappa shape index (κ1) is 14.4. The van der Waals surface area contributed by atoms with E-state index < -0.39 is 0 Å². The average molecular weight is 251 g/mol. The fourth-order valence-corrected chi connectivity index (χ4v) is 1.55. The lowest BCUT2D eigenvalue weighted by molar-refractivity contribution is 0.0951. The smallest absolute Gasteiger partial charge is 0.269 e. The van der Waals surface area contributed by atoms with E-state index in [1.165, 1.54) is 0 Å². The Balaban J connectivity index is 2.56. The van der Waals surface area contributed by atoms with Crippen molar-refractivity contribution in [3.8, 4) is 0 Å². The second-order valence-corrected chi connectivity index (χ2v) is 4.23. The van der Waals surface area contributed by atoms with E-state index in [2.05, 4.69) is 22.5 Å². The standard InChI is InChI=1S/C13H21N3O2/c1-4-14-13(17)12-7-11(5-6-15-12)16-8-10(2)9-18-3/h5-7,10H,4,8-9H2,1-3H3,(H,14,17)(H,15,16). The second-order valence-electron chi connectivity index (χ2n) is 4.23. The van der Waals surface area contributed by atoms with Crippen molar-refractivity contribution in [3.05, 3.63) is 24.0 Å². The van der Waals surface area contributed by atoms with E-state index >= 15 is 0 Å². The lowest BCUT2D eigenvalue weighted by Crippen LogP contribution is -2.24. The predicted molar refractivity (Wildman–Crippen MR) is 71.8 cm³/mol. The SMILES string of the molecule is CCNC(=O)c1cc(NCC(C)COC)ccn1. The molecule has 5 heteroatoms. The third-order valence-corrected chi connectivity index (χ3v) is 2.44. The Hall–Kier alpha value is -1.62. The van der Waals surface area contributed by atoms with Crippen molar-refractivity contribution in [1.29, 1.82) is 0 Å². The fraction of sp³-hybridized carbons (Fsp3) is 0.538. The van der Waals surface area contributed by atoms with Gasteiger partial charge in [-0.15, -0.1) is 0 Å². The number of ether oxygens (including phenoxy) is 1. The van der Waals surface area contributed by atoms with E-state index in [1.807, 2.05) is 13.0 Å². The summed E-state index contributed by atoms with van der Waals surface area (Å²) in [5.41, 5.74) is 1.33. The Kier molecular flexibility index (Phi) is 6.14. The molecule has 2 N–H and O–H groups in total. The first-order valence-electron chi connectivity index (χ1n) is 6.14. The summed E-state index contributed by atoms with van der Waals surface area (Å²) in [7, 11) is 1.69. The van der Waals surface area contributed by atoms with Gasteiger partial charge in [0.25, 0.3) is 5.91 Å². The number of rotatable bonds is 7. The highest BCUT2D eigenvalue weighted by Crippen LogP contribution is 2.09. The first-order valence-corrected chi connectivity index (χ1v) is 6.14. The Labute approximate surface area is 108 Å². The van der Waals surface area contributed by atoms with Crippen LogP contribution in [0.4, 0.5) is 5.69 Å². The summed E-state index contributed by atoms with van der Waals surface area (Å²) in [5, 5.41) is 5.99. The number of amides is 1. The molecule has 5 nitrogen and oxygen atoms in total. The zero-order chi connectivity index (χ0) is 13.4. The van der Waals surface area contributed by atoms with Gasteiger partial charge in [0.05, 0.1) is 6.61 Å². The van der Waals surface area contributed by atoms with E-state index in [9.17, 15) is 4.79 Å². The molecule has 0 aliphatic carbocycles. The third-order valence-electron chi connectivity index (χ3n) is 2.44. The summed E-state index contributed by atoms with van der Waals surface area (Å²) < 4.78 is 5.07. The number of anilines is 1. The molecule has 18 heavy (non-hydrogen) atoms. The molecule has 1 heterocycles. The molecular formula is C13H21N3O2. The van der Waals surface area contributed by atoms with Crippen LogP contribution in [-0.4, -0.2) is 37.7 Å². The highest BCUT2D eigenvalue weighted by molar-refractivity contribution is 5.93. The lowest BCUT2D eigenvalue weighted by atomic mass is 10.2.